The normalized spacial score (nSPS) is 11.1. The molecule has 8 heteroatoms. The maximum Gasteiger partial charge on any atom is 0.261 e. The minimum Gasteiger partial charge on any atom is -0.322 e. The van der Waals surface area contributed by atoms with Crippen LogP contribution in [0.4, 0.5) is 11.4 Å². The van der Waals surface area contributed by atoms with E-state index in [1.54, 1.807) is 66.7 Å². The van der Waals surface area contributed by atoms with Gasteiger partial charge in [-0.1, -0.05) is 11.6 Å². The molecule has 29 heavy (non-hydrogen) atoms. The first-order valence-corrected chi connectivity index (χ1v) is 11.7. The first-order valence-electron chi connectivity index (χ1n) is 8.63. The van der Waals surface area contributed by atoms with Crippen LogP contribution in [0.1, 0.15) is 15.9 Å². The van der Waals surface area contributed by atoms with Crippen LogP contribution in [-0.4, -0.2) is 20.6 Å². The van der Waals surface area contributed by atoms with Gasteiger partial charge >= 0.3 is 0 Å². The van der Waals surface area contributed by atoms with Crippen molar-refractivity contribution in [3.8, 4) is 0 Å². The Morgan fingerprint density at radius 2 is 1.62 bits per heavy atom. The predicted octanol–water partition coefficient (Wildman–Crippen LogP) is 5.42. The van der Waals surface area contributed by atoms with E-state index in [-0.39, 0.29) is 10.8 Å². The fourth-order valence-corrected chi connectivity index (χ4v) is 4.31. The lowest BCUT2D eigenvalue weighted by molar-refractivity contribution is 0.102. The Morgan fingerprint density at radius 3 is 2.21 bits per heavy atom. The van der Waals surface area contributed by atoms with Crippen LogP contribution < -0.4 is 10.0 Å². The molecule has 150 valence electrons. The molecule has 0 heterocycles. The summed E-state index contributed by atoms with van der Waals surface area (Å²) in [6, 6.07) is 18.1. The monoisotopic (exact) mass is 446 g/mol. The molecule has 0 atom stereocenters. The number of nitrogens with one attached hydrogen (secondary N) is 2. The number of benzene rings is 3. The molecule has 1 amide bonds. The summed E-state index contributed by atoms with van der Waals surface area (Å²) in [6.45, 7) is 1.85. The maximum absolute atomic E-state index is 12.5. The van der Waals surface area contributed by atoms with Crippen molar-refractivity contribution >= 4 is 50.7 Å². The molecular weight excluding hydrogens is 428 g/mol. The Balaban J connectivity index is 1.71. The second-order valence-corrected chi connectivity index (χ2v) is 9.27. The van der Waals surface area contributed by atoms with Gasteiger partial charge in [-0.3, -0.25) is 9.52 Å². The molecule has 2 N–H and O–H groups in total. The SMILES string of the molecule is CSc1ccc(S(=O)(=O)Nc2ccc(C(=O)Nc3ccc(Cl)cc3C)cc2)cc1. The number of halogens is 1. The number of thioether (sulfide) groups is 1. The van der Waals surface area contributed by atoms with E-state index in [1.807, 2.05) is 13.2 Å². The third-order valence-corrected chi connectivity index (χ3v) is 6.58. The van der Waals surface area contributed by atoms with Gasteiger partial charge in [0.15, 0.2) is 0 Å². The number of aryl methyl sites for hydroxylation is 1. The largest absolute Gasteiger partial charge is 0.322 e. The van der Waals surface area contributed by atoms with Crippen LogP contribution in [-0.2, 0) is 10.0 Å². The van der Waals surface area contributed by atoms with Crippen LogP contribution in [0, 0.1) is 6.92 Å². The van der Waals surface area contributed by atoms with E-state index < -0.39 is 10.0 Å². The summed E-state index contributed by atoms with van der Waals surface area (Å²) in [5.74, 6) is -0.294. The second kappa shape index (κ2) is 8.90. The predicted molar refractivity (Wildman–Crippen MR) is 120 cm³/mol. The van der Waals surface area contributed by atoms with E-state index >= 15 is 0 Å². The van der Waals surface area contributed by atoms with Crippen LogP contribution in [0.3, 0.4) is 0 Å². The number of anilines is 2. The standard InChI is InChI=1S/C21H19ClN2O3S2/c1-14-13-16(22)5-12-20(14)23-21(25)15-3-6-17(7-4-15)24-29(26,27)19-10-8-18(28-2)9-11-19/h3-13,24H,1-2H3,(H,23,25). The number of sulfonamides is 1. The molecule has 0 bridgehead atoms. The quantitative estimate of drug-likeness (QED) is 0.495. The topological polar surface area (TPSA) is 75.3 Å². The van der Waals surface area contributed by atoms with Crippen LogP contribution in [0.15, 0.2) is 76.5 Å². The fraction of sp³-hybridized carbons (Fsp3) is 0.0952. The lowest BCUT2D eigenvalue weighted by atomic mass is 10.1. The molecule has 0 unspecified atom stereocenters. The molecule has 0 radical (unpaired) electrons. The lowest BCUT2D eigenvalue weighted by Crippen LogP contribution is -2.14. The van der Waals surface area contributed by atoms with Crippen molar-refractivity contribution in [2.75, 3.05) is 16.3 Å². The molecule has 3 aromatic rings. The summed E-state index contributed by atoms with van der Waals surface area (Å²) in [4.78, 5) is 13.6. The van der Waals surface area contributed by atoms with E-state index in [9.17, 15) is 13.2 Å². The number of hydrogen-bond donors (Lipinski definition) is 2. The van der Waals surface area contributed by atoms with Gasteiger partial charge in [0.1, 0.15) is 0 Å². The lowest BCUT2D eigenvalue weighted by Gasteiger charge is -2.11. The van der Waals surface area contributed by atoms with Crippen LogP contribution >= 0.6 is 23.4 Å². The summed E-state index contributed by atoms with van der Waals surface area (Å²) in [6.07, 6.45) is 1.92. The van der Waals surface area contributed by atoms with E-state index in [1.165, 1.54) is 11.8 Å². The van der Waals surface area contributed by atoms with Gasteiger partial charge in [0.2, 0.25) is 0 Å². The van der Waals surface area contributed by atoms with E-state index in [0.29, 0.717) is 22.0 Å². The van der Waals surface area contributed by atoms with E-state index in [0.717, 1.165) is 10.5 Å². The summed E-state index contributed by atoms with van der Waals surface area (Å²) in [5, 5.41) is 3.42. The minimum absolute atomic E-state index is 0.176. The molecule has 3 aromatic carbocycles. The Hall–Kier alpha value is -2.48. The molecule has 0 spiro atoms. The number of hydrogen-bond acceptors (Lipinski definition) is 4. The van der Waals surface area contributed by atoms with E-state index in [4.69, 9.17) is 11.6 Å². The van der Waals surface area contributed by atoms with Crippen molar-refractivity contribution in [3.05, 3.63) is 82.9 Å². The molecule has 0 aliphatic rings. The average Bonchev–Trinajstić information content (AvgIpc) is 2.70. The molecule has 5 nitrogen and oxygen atoms in total. The Bertz CT molecular complexity index is 1130. The molecule has 0 saturated heterocycles. The molecule has 0 saturated carbocycles. The smallest absolute Gasteiger partial charge is 0.261 e. The van der Waals surface area contributed by atoms with Gasteiger partial charge in [0.25, 0.3) is 15.9 Å². The Morgan fingerprint density at radius 1 is 0.966 bits per heavy atom. The zero-order chi connectivity index (χ0) is 21.0. The molecule has 0 aliphatic carbocycles. The van der Waals surface area contributed by atoms with Crippen LogP contribution in [0.2, 0.25) is 5.02 Å². The Labute approximate surface area is 179 Å². The van der Waals surface area contributed by atoms with Crippen molar-refractivity contribution in [1.82, 2.24) is 0 Å². The first-order chi connectivity index (χ1) is 13.8. The highest BCUT2D eigenvalue weighted by Gasteiger charge is 2.15. The maximum atomic E-state index is 12.5. The highest BCUT2D eigenvalue weighted by atomic mass is 35.5. The van der Waals surface area contributed by atoms with Gasteiger partial charge in [-0.25, -0.2) is 8.42 Å². The molecule has 0 fully saturated rings. The van der Waals surface area contributed by atoms with E-state index in [2.05, 4.69) is 10.0 Å². The summed E-state index contributed by atoms with van der Waals surface area (Å²) in [7, 11) is -3.70. The molecule has 0 aromatic heterocycles. The van der Waals surface area contributed by atoms with Crippen molar-refractivity contribution < 1.29 is 13.2 Å². The van der Waals surface area contributed by atoms with Crippen molar-refractivity contribution in [2.24, 2.45) is 0 Å². The van der Waals surface area contributed by atoms with Gasteiger partial charge in [0, 0.05) is 26.9 Å². The van der Waals surface area contributed by atoms with Crippen LogP contribution in [0.25, 0.3) is 0 Å². The Kier molecular flexibility index (Phi) is 6.52. The molecule has 0 aliphatic heterocycles. The van der Waals surface area contributed by atoms with Crippen molar-refractivity contribution in [2.45, 2.75) is 16.7 Å². The number of rotatable bonds is 6. The highest BCUT2D eigenvalue weighted by Crippen LogP contribution is 2.22. The number of carbonyl (C=O) groups is 1. The van der Waals surface area contributed by atoms with Gasteiger partial charge in [-0.2, -0.15) is 0 Å². The van der Waals surface area contributed by atoms with Gasteiger partial charge in [0.05, 0.1) is 4.90 Å². The average molecular weight is 447 g/mol. The van der Waals surface area contributed by atoms with Crippen LogP contribution in [0.5, 0.6) is 0 Å². The third-order valence-electron chi connectivity index (χ3n) is 4.21. The van der Waals surface area contributed by atoms with Crippen molar-refractivity contribution in [3.63, 3.8) is 0 Å². The van der Waals surface area contributed by atoms with Gasteiger partial charge < -0.3 is 5.32 Å². The summed E-state index contributed by atoms with van der Waals surface area (Å²) >= 11 is 7.47. The first kappa shape index (κ1) is 21.2. The summed E-state index contributed by atoms with van der Waals surface area (Å²) < 4.78 is 27.6. The molecular formula is C21H19ClN2O3S2. The zero-order valence-electron chi connectivity index (χ0n) is 15.8. The number of carbonyl (C=O) groups excluding carboxylic acids is 1. The van der Waals surface area contributed by atoms with Gasteiger partial charge in [-0.05, 0) is 85.5 Å². The second-order valence-electron chi connectivity index (χ2n) is 6.27. The fourth-order valence-electron chi connectivity index (χ4n) is 2.62. The molecule has 3 rings (SSSR count). The number of amides is 1. The van der Waals surface area contributed by atoms with Gasteiger partial charge in [-0.15, -0.1) is 11.8 Å². The zero-order valence-corrected chi connectivity index (χ0v) is 18.2. The third kappa shape index (κ3) is 5.32. The minimum atomic E-state index is -3.70. The summed E-state index contributed by atoms with van der Waals surface area (Å²) in [5.41, 5.74) is 2.30. The van der Waals surface area contributed by atoms with Crippen molar-refractivity contribution in [1.29, 1.82) is 0 Å². The highest BCUT2D eigenvalue weighted by molar-refractivity contribution is 7.98.